The lowest BCUT2D eigenvalue weighted by atomic mass is 10.1. The first-order chi connectivity index (χ1) is 15.9. The number of nitrogens with one attached hydrogen (secondary N) is 2. The Morgan fingerprint density at radius 2 is 1.85 bits per heavy atom. The smallest absolute Gasteiger partial charge is 0.253 e. The van der Waals surface area contributed by atoms with E-state index in [2.05, 4.69) is 47.8 Å². The molecule has 0 saturated heterocycles. The third-order valence-corrected chi connectivity index (χ3v) is 5.27. The van der Waals surface area contributed by atoms with E-state index in [1.165, 1.54) is 0 Å². The topological polar surface area (TPSA) is 74.5 Å². The zero-order valence-corrected chi connectivity index (χ0v) is 20.2. The van der Waals surface area contributed by atoms with Crippen LogP contribution in [0, 0.1) is 13.8 Å². The van der Waals surface area contributed by atoms with Gasteiger partial charge in [0.1, 0.15) is 0 Å². The molecule has 0 aliphatic carbocycles. The second-order valence-corrected chi connectivity index (χ2v) is 8.24. The molecule has 7 heteroatoms. The number of nitrogens with zero attached hydrogens (tertiary/aromatic N) is 4. The average Bonchev–Trinajstić information content (AvgIpc) is 3.14. The van der Waals surface area contributed by atoms with Crippen molar-refractivity contribution in [3.8, 4) is 5.69 Å². The molecule has 0 spiro atoms. The SMILES string of the molecule is CCNC(=NCc1ccccc1-n1nc(C)cc1C)NCCc1cccc(C(=O)N(C)C)c1. The highest BCUT2D eigenvalue weighted by molar-refractivity contribution is 5.94. The largest absolute Gasteiger partial charge is 0.357 e. The number of carbonyl (C=O) groups excluding carboxylic acids is 1. The highest BCUT2D eigenvalue weighted by atomic mass is 16.2. The summed E-state index contributed by atoms with van der Waals surface area (Å²) in [6.07, 6.45) is 0.793. The Hall–Kier alpha value is -3.61. The van der Waals surface area contributed by atoms with E-state index in [0.717, 1.165) is 47.1 Å². The van der Waals surface area contributed by atoms with Crippen molar-refractivity contribution in [2.24, 2.45) is 4.99 Å². The van der Waals surface area contributed by atoms with Crippen LogP contribution < -0.4 is 10.6 Å². The first-order valence-electron chi connectivity index (χ1n) is 11.3. The van der Waals surface area contributed by atoms with E-state index >= 15 is 0 Å². The number of rotatable bonds is 8. The van der Waals surface area contributed by atoms with Crippen molar-refractivity contribution in [2.75, 3.05) is 27.2 Å². The van der Waals surface area contributed by atoms with Crippen LogP contribution in [0.15, 0.2) is 59.6 Å². The quantitative estimate of drug-likeness (QED) is 0.410. The number of guanidine groups is 1. The fraction of sp³-hybridized carbons (Fsp3) is 0.346. The third-order valence-electron chi connectivity index (χ3n) is 5.27. The Balaban J connectivity index is 1.67. The highest BCUT2D eigenvalue weighted by Crippen LogP contribution is 2.18. The fourth-order valence-electron chi connectivity index (χ4n) is 3.67. The number of benzene rings is 2. The summed E-state index contributed by atoms with van der Waals surface area (Å²) < 4.78 is 1.97. The van der Waals surface area contributed by atoms with Crippen LogP contribution in [0.4, 0.5) is 0 Å². The Kier molecular flexibility index (Phi) is 8.24. The van der Waals surface area contributed by atoms with E-state index in [0.29, 0.717) is 18.7 Å². The molecule has 1 amide bonds. The molecule has 3 aromatic rings. The van der Waals surface area contributed by atoms with Crippen molar-refractivity contribution in [2.45, 2.75) is 33.7 Å². The van der Waals surface area contributed by atoms with Gasteiger partial charge in [0.25, 0.3) is 5.91 Å². The van der Waals surface area contributed by atoms with Crippen LogP contribution in [-0.4, -0.2) is 53.7 Å². The number of amides is 1. The molecule has 0 radical (unpaired) electrons. The molecule has 3 rings (SSSR count). The molecule has 33 heavy (non-hydrogen) atoms. The lowest BCUT2D eigenvalue weighted by molar-refractivity contribution is 0.0827. The van der Waals surface area contributed by atoms with Gasteiger partial charge in [-0.05, 0) is 62.6 Å². The number of aromatic nitrogens is 2. The predicted octanol–water partition coefficient (Wildman–Crippen LogP) is 3.49. The van der Waals surface area contributed by atoms with Crippen molar-refractivity contribution >= 4 is 11.9 Å². The number of para-hydroxylation sites is 1. The molecule has 2 N–H and O–H groups in total. The molecule has 0 unspecified atom stereocenters. The zero-order valence-electron chi connectivity index (χ0n) is 20.2. The molecule has 174 valence electrons. The standard InChI is InChI=1S/C26H34N6O/c1-6-27-26(28-15-14-21-10-9-12-22(17-21)25(33)31(4)5)29-18-23-11-7-8-13-24(23)32-20(3)16-19(2)30-32/h7-13,16-17H,6,14-15,18H2,1-5H3,(H2,27,28,29). The molecule has 0 aliphatic rings. The van der Waals surface area contributed by atoms with Gasteiger partial charge >= 0.3 is 0 Å². The molecule has 2 aromatic carbocycles. The van der Waals surface area contributed by atoms with Crippen LogP contribution in [0.1, 0.15) is 39.8 Å². The van der Waals surface area contributed by atoms with Crippen molar-refractivity contribution < 1.29 is 4.79 Å². The van der Waals surface area contributed by atoms with Crippen molar-refractivity contribution in [1.82, 2.24) is 25.3 Å². The lowest BCUT2D eigenvalue weighted by Crippen LogP contribution is -2.38. The maximum Gasteiger partial charge on any atom is 0.253 e. The third kappa shape index (κ3) is 6.44. The van der Waals surface area contributed by atoms with E-state index < -0.39 is 0 Å². The normalized spacial score (nSPS) is 11.4. The molecule has 0 saturated carbocycles. The summed E-state index contributed by atoms with van der Waals surface area (Å²) in [5.41, 5.74) is 6.07. The predicted molar refractivity (Wildman–Crippen MR) is 134 cm³/mol. The molecule has 0 fully saturated rings. The van der Waals surface area contributed by atoms with Gasteiger partial charge in [0, 0.05) is 38.4 Å². The summed E-state index contributed by atoms with van der Waals surface area (Å²) in [7, 11) is 3.53. The van der Waals surface area contributed by atoms with Gasteiger partial charge < -0.3 is 15.5 Å². The molecule has 7 nitrogen and oxygen atoms in total. The van der Waals surface area contributed by atoms with Gasteiger partial charge in [-0.15, -0.1) is 0 Å². The van der Waals surface area contributed by atoms with Gasteiger partial charge in [0.15, 0.2) is 5.96 Å². The summed E-state index contributed by atoms with van der Waals surface area (Å²) in [6, 6.07) is 18.1. The van der Waals surface area contributed by atoms with E-state index in [-0.39, 0.29) is 5.91 Å². The minimum Gasteiger partial charge on any atom is -0.357 e. The Morgan fingerprint density at radius 3 is 2.55 bits per heavy atom. The monoisotopic (exact) mass is 446 g/mol. The maximum atomic E-state index is 12.2. The van der Waals surface area contributed by atoms with Crippen molar-refractivity contribution in [3.63, 3.8) is 0 Å². The van der Waals surface area contributed by atoms with Gasteiger partial charge in [0.05, 0.1) is 17.9 Å². The maximum absolute atomic E-state index is 12.2. The van der Waals surface area contributed by atoms with Crippen LogP contribution in [0.25, 0.3) is 5.69 Å². The number of carbonyl (C=O) groups is 1. The van der Waals surface area contributed by atoms with Gasteiger partial charge in [-0.1, -0.05) is 30.3 Å². The molecule has 0 aliphatic heterocycles. The van der Waals surface area contributed by atoms with Gasteiger partial charge in [-0.25, -0.2) is 9.67 Å². The summed E-state index contributed by atoms with van der Waals surface area (Å²) in [5, 5.41) is 11.3. The zero-order chi connectivity index (χ0) is 23.8. The van der Waals surface area contributed by atoms with Crippen LogP contribution in [0.2, 0.25) is 0 Å². The molecule has 1 aromatic heterocycles. The summed E-state index contributed by atoms with van der Waals surface area (Å²) >= 11 is 0. The second kappa shape index (κ2) is 11.3. The lowest BCUT2D eigenvalue weighted by Gasteiger charge is -2.14. The van der Waals surface area contributed by atoms with Gasteiger partial charge in [0.2, 0.25) is 0 Å². The van der Waals surface area contributed by atoms with E-state index in [1.807, 2.05) is 48.0 Å². The van der Waals surface area contributed by atoms with E-state index in [9.17, 15) is 4.79 Å². The summed E-state index contributed by atoms with van der Waals surface area (Å²) in [6.45, 7) is 8.15. The first kappa shape index (κ1) is 24.0. The molecule has 1 heterocycles. The van der Waals surface area contributed by atoms with Crippen molar-refractivity contribution in [3.05, 3.63) is 82.7 Å². The van der Waals surface area contributed by atoms with Gasteiger partial charge in [-0.3, -0.25) is 4.79 Å². The van der Waals surface area contributed by atoms with Crippen molar-refractivity contribution in [1.29, 1.82) is 0 Å². The van der Waals surface area contributed by atoms with Crippen LogP contribution in [-0.2, 0) is 13.0 Å². The number of aryl methyl sites for hydroxylation is 2. The van der Waals surface area contributed by atoms with E-state index in [4.69, 9.17) is 4.99 Å². The number of hydrogen-bond donors (Lipinski definition) is 2. The summed E-state index contributed by atoms with van der Waals surface area (Å²) in [4.78, 5) is 18.6. The number of hydrogen-bond acceptors (Lipinski definition) is 3. The first-order valence-corrected chi connectivity index (χ1v) is 11.3. The fourth-order valence-corrected chi connectivity index (χ4v) is 3.67. The summed E-state index contributed by atoms with van der Waals surface area (Å²) in [5.74, 6) is 0.780. The Labute approximate surface area is 196 Å². The Morgan fingerprint density at radius 1 is 1.06 bits per heavy atom. The Bertz CT molecular complexity index is 1120. The van der Waals surface area contributed by atoms with Crippen LogP contribution >= 0.6 is 0 Å². The molecule has 0 bridgehead atoms. The second-order valence-electron chi connectivity index (χ2n) is 8.24. The number of aliphatic imine (C=N–C) groups is 1. The highest BCUT2D eigenvalue weighted by Gasteiger charge is 2.10. The minimum atomic E-state index is 0.0148. The molecular formula is C26H34N6O. The minimum absolute atomic E-state index is 0.0148. The van der Waals surface area contributed by atoms with Gasteiger partial charge in [-0.2, -0.15) is 5.10 Å². The molecular weight excluding hydrogens is 412 g/mol. The molecule has 0 atom stereocenters. The average molecular weight is 447 g/mol. The van der Waals surface area contributed by atoms with Crippen LogP contribution in [0.5, 0.6) is 0 Å². The van der Waals surface area contributed by atoms with E-state index in [1.54, 1.807) is 19.0 Å². The van der Waals surface area contributed by atoms with Crippen LogP contribution in [0.3, 0.4) is 0 Å².